The van der Waals surface area contributed by atoms with Crippen molar-refractivity contribution in [2.45, 2.75) is 27.2 Å². The highest BCUT2D eigenvalue weighted by Crippen LogP contribution is 2.20. The van der Waals surface area contributed by atoms with Crippen LogP contribution in [-0.2, 0) is 6.42 Å². The predicted molar refractivity (Wildman–Crippen MR) is 49.7 cm³/mol. The topological polar surface area (TPSA) is 26.0 Å². The van der Waals surface area contributed by atoms with Crippen molar-refractivity contribution in [2.24, 2.45) is 0 Å². The summed E-state index contributed by atoms with van der Waals surface area (Å²) in [4.78, 5) is 0. The normalized spacial score (nSPS) is 10.1. The third-order valence-electron chi connectivity index (χ3n) is 2.16. The van der Waals surface area contributed by atoms with Crippen LogP contribution in [0, 0.1) is 13.8 Å². The maximum atomic E-state index is 5.89. The van der Waals surface area contributed by atoms with E-state index in [1.807, 2.05) is 6.92 Å². The lowest BCUT2D eigenvalue weighted by molar-refractivity contribution is 1.11. The number of rotatable bonds is 1. The fourth-order valence-corrected chi connectivity index (χ4v) is 1.36. The lowest BCUT2D eigenvalue weighted by Crippen LogP contribution is -1.98. The highest BCUT2D eigenvalue weighted by atomic mass is 14.6. The van der Waals surface area contributed by atoms with Gasteiger partial charge in [0.2, 0.25) is 0 Å². The molecule has 1 aromatic carbocycles. The summed E-state index contributed by atoms with van der Waals surface area (Å²) in [5, 5.41) is 0. The van der Waals surface area contributed by atoms with Crippen molar-refractivity contribution in [3.63, 3.8) is 0 Å². The number of benzene rings is 1. The summed E-state index contributed by atoms with van der Waals surface area (Å²) >= 11 is 0. The summed E-state index contributed by atoms with van der Waals surface area (Å²) in [5.41, 5.74) is 10.6. The van der Waals surface area contributed by atoms with Crippen molar-refractivity contribution in [3.05, 3.63) is 28.8 Å². The minimum Gasteiger partial charge on any atom is -0.398 e. The summed E-state index contributed by atoms with van der Waals surface area (Å²) in [5.74, 6) is 0. The second-order valence-corrected chi connectivity index (χ2v) is 2.95. The SMILES string of the molecule is CCc1c(C)ccc(C)c1N. The van der Waals surface area contributed by atoms with E-state index in [2.05, 4.69) is 26.0 Å². The van der Waals surface area contributed by atoms with Gasteiger partial charge in [-0.15, -0.1) is 0 Å². The van der Waals surface area contributed by atoms with Crippen molar-refractivity contribution in [1.29, 1.82) is 0 Å². The quantitative estimate of drug-likeness (QED) is 0.610. The Morgan fingerprint density at radius 1 is 1.18 bits per heavy atom. The lowest BCUT2D eigenvalue weighted by Gasteiger charge is -2.08. The molecule has 1 rings (SSSR count). The summed E-state index contributed by atoms with van der Waals surface area (Å²) in [6.45, 7) is 6.29. The molecule has 60 valence electrons. The molecule has 0 bridgehead atoms. The minimum absolute atomic E-state index is 0.965. The molecule has 1 aromatic rings. The van der Waals surface area contributed by atoms with Crippen molar-refractivity contribution < 1.29 is 0 Å². The summed E-state index contributed by atoms with van der Waals surface area (Å²) in [6, 6.07) is 4.20. The molecule has 0 aliphatic rings. The van der Waals surface area contributed by atoms with Crippen molar-refractivity contribution >= 4 is 5.69 Å². The third kappa shape index (κ3) is 1.37. The van der Waals surface area contributed by atoms with E-state index < -0.39 is 0 Å². The van der Waals surface area contributed by atoms with Crippen molar-refractivity contribution in [1.82, 2.24) is 0 Å². The first-order valence-corrected chi connectivity index (χ1v) is 4.01. The molecule has 0 aromatic heterocycles. The Balaban J connectivity index is 3.29. The first kappa shape index (κ1) is 8.12. The van der Waals surface area contributed by atoms with Gasteiger partial charge in [-0.3, -0.25) is 0 Å². The Hall–Kier alpha value is -0.980. The zero-order valence-corrected chi connectivity index (χ0v) is 7.44. The molecule has 11 heavy (non-hydrogen) atoms. The lowest BCUT2D eigenvalue weighted by atomic mass is 10.0. The Morgan fingerprint density at radius 2 is 1.73 bits per heavy atom. The van der Waals surface area contributed by atoms with Crippen LogP contribution in [0.1, 0.15) is 23.6 Å². The fraction of sp³-hybridized carbons (Fsp3) is 0.400. The van der Waals surface area contributed by atoms with E-state index in [4.69, 9.17) is 5.73 Å². The van der Waals surface area contributed by atoms with Gasteiger partial charge >= 0.3 is 0 Å². The largest absolute Gasteiger partial charge is 0.398 e. The molecule has 0 heterocycles. The second kappa shape index (κ2) is 2.95. The molecule has 0 unspecified atom stereocenters. The Labute approximate surface area is 68.2 Å². The van der Waals surface area contributed by atoms with Crippen molar-refractivity contribution in [3.8, 4) is 0 Å². The van der Waals surface area contributed by atoms with Gasteiger partial charge in [-0.25, -0.2) is 0 Å². The summed E-state index contributed by atoms with van der Waals surface area (Å²) in [7, 11) is 0. The predicted octanol–water partition coefficient (Wildman–Crippen LogP) is 2.45. The number of hydrogen-bond donors (Lipinski definition) is 1. The first-order chi connectivity index (χ1) is 5.16. The average molecular weight is 149 g/mol. The maximum absolute atomic E-state index is 5.89. The van der Waals surface area contributed by atoms with Crippen LogP contribution in [0.5, 0.6) is 0 Å². The minimum atomic E-state index is 0.965. The molecular formula is C10H15N. The molecule has 0 atom stereocenters. The number of anilines is 1. The average Bonchev–Trinajstić information content (AvgIpc) is 1.99. The van der Waals surface area contributed by atoms with Gasteiger partial charge < -0.3 is 5.73 Å². The van der Waals surface area contributed by atoms with Gasteiger partial charge in [0.05, 0.1) is 0 Å². The van der Waals surface area contributed by atoms with Crippen molar-refractivity contribution in [2.75, 3.05) is 5.73 Å². The van der Waals surface area contributed by atoms with Gasteiger partial charge in [-0.2, -0.15) is 0 Å². The highest BCUT2D eigenvalue weighted by molar-refractivity contribution is 5.56. The number of nitrogens with two attached hydrogens (primary N) is 1. The smallest absolute Gasteiger partial charge is 0.0378 e. The van der Waals surface area contributed by atoms with Crippen LogP contribution in [0.2, 0.25) is 0 Å². The molecule has 0 saturated heterocycles. The fourth-order valence-electron chi connectivity index (χ4n) is 1.36. The van der Waals surface area contributed by atoms with E-state index >= 15 is 0 Å². The zero-order chi connectivity index (χ0) is 8.43. The van der Waals surface area contributed by atoms with Crippen LogP contribution < -0.4 is 5.73 Å². The first-order valence-electron chi connectivity index (χ1n) is 4.01. The molecule has 0 aliphatic carbocycles. The summed E-state index contributed by atoms with van der Waals surface area (Å²) < 4.78 is 0. The molecule has 1 heteroatoms. The van der Waals surface area contributed by atoms with Crippen LogP contribution in [0.3, 0.4) is 0 Å². The van der Waals surface area contributed by atoms with E-state index in [1.54, 1.807) is 0 Å². The molecular weight excluding hydrogens is 134 g/mol. The van der Waals surface area contributed by atoms with E-state index in [1.165, 1.54) is 16.7 Å². The van der Waals surface area contributed by atoms with Gasteiger partial charge in [0, 0.05) is 5.69 Å². The second-order valence-electron chi connectivity index (χ2n) is 2.95. The van der Waals surface area contributed by atoms with Gasteiger partial charge in [0.15, 0.2) is 0 Å². The molecule has 0 radical (unpaired) electrons. The number of nitrogen functional groups attached to an aromatic ring is 1. The Kier molecular flexibility index (Phi) is 2.18. The van der Waals surface area contributed by atoms with E-state index in [9.17, 15) is 0 Å². The van der Waals surface area contributed by atoms with Crippen LogP contribution >= 0.6 is 0 Å². The van der Waals surface area contributed by atoms with E-state index in [0.717, 1.165) is 12.1 Å². The number of hydrogen-bond acceptors (Lipinski definition) is 1. The Bertz CT molecular complexity index is 264. The molecule has 1 nitrogen and oxygen atoms in total. The van der Waals surface area contributed by atoms with E-state index in [0.29, 0.717) is 0 Å². The Morgan fingerprint density at radius 3 is 2.18 bits per heavy atom. The van der Waals surface area contributed by atoms with Gasteiger partial charge in [0.25, 0.3) is 0 Å². The highest BCUT2D eigenvalue weighted by Gasteiger charge is 2.01. The molecule has 0 amide bonds. The van der Waals surface area contributed by atoms with E-state index in [-0.39, 0.29) is 0 Å². The standard InChI is InChI=1S/C10H15N/c1-4-9-7(2)5-6-8(3)10(9)11/h5-6H,4,11H2,1-3H3. The monoisotopic (exact) mass is 149 g/mol. The zero-order valence-electron chi connectivity index (χ0n) is 7.44. The molecule has 0 saturated carbocycles. The molecule has 0 fully saturated rings. The van der Waals surface area contributed by atoms with Gasteiger partial charge in [-0.1, -0.05) is 19.1 Å². The van der Waals surface area contributed by atoms with Crippen LogP contribution in [0.15, 0.2) is 12.1 Å². The third-order valence-corrected chi connectivity index (χ3v) is 2.16. The molecule has 2 N–H and O–H groups in total. The summed E-state index contributed by atoms with van der Waals surface area (Å²) in [6.07, 6.45) is 1.03. The van der Waals surface area contributed by atoms with Crippen LogP contribution in [-0.4, -0.2) is 0 Å². The van der Waals surface area contributed by atoms with Crippen LogP contribution in [0.4, 0.5) is 5.69 Å². The van der Waals surface area contributed by atoms with Crippen LogP contribution in [0.25, 0.3) is 0 Å². The van der Waals surface area contributed by atoms with Gasteiger partial charge in [-0.05, 0) is 37.0 Å². The van der Waals surface area contributed by atoms with Gasteiger partial charge in [0.1, 0.15) is 0 Å². The number of aryl methyl sites for hydroxylation is 2. The molecule has 0 aliphatic heterocycles. The molecule has 0 spiro atoms. The maximum Gasteiger partial charge on any atom is 0.0378 e.